The zero-order chi connectivity index (χ0) is 11.7. The van der Waals surface area contributed by atoms with Crippen LogP contribution in [-0.2, 0) is 4.79 Å². The van der Waals surface area contributed by atoms with Crippen LogP contribution < -0.4 is 10.6 Å². The highest BCUT2D eigenvalue weighted by atomic mass is 79.9. The Morgan fingerprint density at radius 1 is 1.44 bits per heavy atom. The third-order valence-electron chi connectivity index (χ3n) is 3.05. The number of carbonyl (C=O) groups is 1. The van der Waals surface area contributed by atoms with Gasteiger partial charge < -0.3 is 10.6 Å². The van der Waals surface area contributed by atoms with E-state index in [0.29, 0.717) is 5.92 Å². The van der Waals surface area contributed by atoms with Gasteiger partial charge in [0.1, 0.15) is 6.04 Å². The Hall–Kier alpha value is -1.03. The maximum Gasteiger partial charge on any atom is 0.247 e. The third kappa shape index (κ3) is 2.07. The molecule has 1 heterocycles. The summed E-state index contributed by atoms with van der Waals surface area (Å²) in [7, 11) is 0. The summed E-state index contributed by atoms with van der Waals surface area (Å²) in [6.45, 7) is 4.18. The fourth-order valence-electron chi connectivity index (χ4n) is 1.82. The summed E-state index contributed by atoms with van der Waals surface area (Å²) in [5, 5.41) is 6.23. The van der Waals surface area contributed by atoms with E-state index < -0.39 is 0 Å². The molecule has 1 aromatic carbocycles. The van der Waals surface area contributed by atoms with Crippen molar-refractivity contribution < 1.29 is 4.79 Å². The van der Waals surface area contributed by atoms with Crippen LogP contribution in [0.15, 0.2) is 22.7 Å². The monoisotopic (exact) mass is 282 g/mol. The number of hydrogen-bond donors (Lipinski definition) is 2. The van der Waals surface area contributed by atoms with Crippen LogP contribution in [0, 0.1) is 5.92 Å². The lowest BCUT2D eigenvalue weighted by Crippen LogP contribution is -2.43. The minimum atomic E-state index is -0.133. The summed E-state index contributed by atoms with van der Waals surface area (Å²) in [6, 6.07) is 5.68. The van der Waals surface area contributed by atoms with E-state index in [-0.39, 0.29) is 11.9 Å². The highest BCUT2D eigenvalue weighted by Crippen LogP contribution is 2.31. The van der Waals surface area contributed by atoms with Crippen LogP contribution in [-0.4, -0.2) is 11.9 Å². The molecule has 1 amide bonds. The van der Waals surface area contributed by atoms with Gasteiger partial charge in [0.25, 0.3) is 0 Å². The Balaban J connectivity index is 2.29. The first-order valence-corrected chi connectivity index (χ1v) is 6.28. The van der Waals surface area contributed by atoms with Gasteiger partial charge in [0.2, 0.25) is 5.91 Å². The molecule has 4 heteroatoms. The molecule has 0 saturated carbocycles. The molecular formula is C12H15BrN2O. The smallest absolute Gasteiger partial charge is 0.247 e. The van der Waals surface area contributed by atoms with Crippen molar-refractivity contribution in [1.82, 2.24) is 0 Å². The lowest BCUT2D eigenvalue weighted by molar-refractivity contribution is -0.118. The Labute approximate surface area is 104 Å². The first-order valence-electron chi connectivity index (χ1n) is 5.48. The van der Waals surface area contributed by atoms with Crippen LogP contribution in [0.5, 0.6) is 0 Å². The van der Waals surface area contributed by atoms with Gasteiger partial charge in [-0.3, -0.25) is 4.79 Å². The number of fused-ring (bicyclic) bond motifs is 1. The topological polar surface area (TPSA) is 41.1 Å². The molecule has 0 bridgehead atoms. The van der Waals surface area contributed by atoms with E-state index in [1.54, 1.807) is 0 Å². The number of hydrogen-bond acceptors (Lipinski definition) is 2. The summed E-state index contributed by atoms with van der Waals surface area (Å²) >= 11 is 3.43. The number of halogens is 1. The van der Waals surface area contributed by atoms with Crippen LogP contribution in [0.1, 0.15) is 20.3 Å². The average molecular weight is 283 g/mol. The summed E-state index contributed by atoms with van der Waals surface area (Å²) in [5.74, 6) is 0.385. The second-order valence-electron chi connectivity index (χ2n) is 4.19. The van der Waals surface area contributed by atoms with E-state index in [2.05, 4.69) is 40.4 Å². The van der Waals surface area contributed by atoms with Crippen LogP contribution in [0.2, 0.25) is 0 Å². The number of rotatable bonds is 2. The van der Waals surface area contributed by atoms with Crippen molar-refractivity contribution in [1.29, 1.82) is 0 Å². The van der Waals surface area contributed by atoms with Crippen molar-refractivity contribution in [3.05, 3.63) is 22.7 Å². The van der Waals surface area contributed by atoms with Crippen molar-refractivity contribution >= 4 is 33.2 Å². The predicted octanol–water partition coefficient (Wildman–Crippen LogP) is 3.23. The average Bonchev–Trinajstić information content (AvgIpc) is 2.28. The summed E-state index contributed by atoms with van der Waals surface area (Å²) in [6.07, 6.45) is 0.981. The molecule has 1 aliphatic rings. The fourth-order valence-corrected chi connectivity index (χ4v) is 2.19. The minimum absolute atomic E-state index is 0.0594. The van der Waals surface area contributed by atoms with Crippen molar-refractivity contribution in [2.75, 3.05) is 10.6 Å². The Bertz CT molecular complexity index is 419. The van der Waals surface area contributed by atoms with E-state index in [0.717, 1.165) is 22.3 Å². The molecule has 16 heavy (non-hydrogen) atoms. The zero-order valence-corrected chi connectivity index (χ0v) is 11.0. The highest BCUT2D eigenvalue weighted by molar-refractivity contribution is 9.10. The van der Waals surface area contributed by atoms with Crippen LogP contribution in [0.25, 0.3) is 0 Å². The molecule has 0 saturated heterocycles. The van der Waals surface area contributed by atoms with Crippen LogP contribution >= 0.6 is 15.9 Å². The number of nitrogens with one attached hydrogen (secondary N) is 2. The Kier molecular flexibility index (Phi) is 3.19. The SMILES string of the molecule is CCC(C)C1Nc2cc(Br)ccc2NC1=O. The lowest BCUT2D eigenvalue weighted by atomic mass is 9.96. The summed E-state index contributed by atoms with van der Waals surface area (Å²) in [5.41, 5.74) is 1.84. The largest absolute Gasteiger partial charge is 0.372 e. The van der Waals surface area contributed by atoms with Crippen molar-refractivity contribution in [3.8, 4) is 0 Å². The van der Waals surface area contributed by atoms with Gasteiger partial charge in [-0.25, -0.2) is 0 Å². The molecule has 2 atom stereocenters. The summed E-state index contributed by atoms with van der Waals surface area (Å²) < 4.78 is 1.01. The molecule has 2 rings (SSSR count). The molecule has 0 aromatic heterocycles. The molecule has 0 fully saturated rings. The van der Waals surface area contributed by atoms with Crippen LogP contribution in [0.4, 0.5) is 11.4 Å². The second-order valence-corrected chi connectivity index (χ2v) is 5.10. The molecule has 2 unspecified atom stereocenters. The molecule has 0 radical (unpaired) electrons. The Morgan fingerprint density at radius 2 is 2.19 bits per heavy atom. The number of anilines is 2. The maximum absolute atomic E-state index is 11.9. The van der Waals surface area contributed by atoms with E-state index in [1.807, 2.05) is 18.2 Å². The van der Waals surface area contributed by atoms with Gasteiger partial charge in [0.05, 0.1) is 11.4 Å². The van der Waals surface area contributed by atoms with Crippen molar-refractivity contribution in [3.63, 3.8) is 0 Å². The fraction of sp³-hybridized carbons (Fsp3) is 0.417. The van der Waals surface area contributed by atoms with E-state index in [9.17, 15) is 4.79 Å². The van der Waals surface area contributed by atoms with Gasteiger partial charge in [0.15, 0.2) is 0 Å². The normalized spacial score (nSPS) is 20.7. The number of carbonyl (C=O) groups excluding carboxylic acids is 1. The second kappa shape index (κ2) is 4.45. The molecule has 1 aliphatic heterocycles. The summed E-state index contributed by atoms with van der Waals surface area (Å²) in [4.78, 5) is 11.9. The molecule has 0 aliphatic carbocycles. The van der Waals surface area contributed by atoms with Crippen molar-refractivity contribution in [2.45, 2.75) is 26.3 Å². The van der Waals surface area contributed by atoms with Gasteiger partial charge in [-0.05, 0) is 24.1 Å². The van der Waals surface area contributed by atoms with E-state index in [1.165, 1.54) is 0 Å². The molecule has 1 aromatic rings. The van der Waals surface area contributed by atoms with Gasteiger partial charge >= 0.3 is 0 Å². The molecule has 2 N–H and O–H groups in total. The molecule has 3 nitrogen and oxygen atoms in total. The van der Waals surface area contributed by atoms with Gasteiger partial charge in [-0.2, -0.15) is 0 Å². The number of benzene rings is 1. The maximum atomic E-state index is 11.9. The predicted molar refractivity (Wildman–Crippen MR) is 69.6 cm³/mol. The quantitative estimate of drug-likeness (QED) is 0.875. The zero-order valence-electron chi connectivity index (χ0n) is 9.38. The van der Waals surface area contributed by atoms with Gasteiger partial charge in [-0.1, -0.05) is 36.2 Å². The first-order chi connectivity index (χ1) is 7.61. The first kappa shape index (κ1) is 11.5. The third-order valence-corrected chi connectivity index (χ3v) is 3.54. The minimum Gasteiger partial charge on any atom is -0.372 e. The van der Waals surface area contributed by atoms with E-state index in [4.69, 9.17) is 0 Å². The Morgan fingerprint density at radius 3 is 2.88 bits per heavy atom. The lowest BCUT2D eigenvalue weighted by Gasteiger charge is -2.30. The van der Waals surface area contributed by atoms with E-state index >= 15 is 0 Å². The van der Waals surface area contributed by atoms with Gasteiger partial charge in [0, 0.05) is 4.47 Å². The standard InChI is InChI=1S/C12H15BrN2O/c1-3-7(2)11-12(16)15-9-5-4-8(13)6-10(9)14-11/h4-7,11,14H,3H2,1-2H3,(H,15,16). The van der Waals surface area contributed by atoms with Gasteiger partial charge in [-0.15, -0.1) is 0 Å². The highest BCUT2D eigenvalue weighted by Gasteiger charge is 2.28. The molecule has 0 spiro atoms. The molecule has 86 valence electrons. The number of amides is 1. The van der Waals surface area contributed by atoms with Crippen LogP contribution in [0.3, 0.4) is 0 Å². The molecular weight excluding hydrogens is 268 g/mol. The van der Waals surface area contributed by atoms with Crippen molar-refractivity contribution in [2.24, 2.45) is 5.92 Å².